The van der Waals surface area contributed by atoms with E-state index in [1.54, 1.807) is 0 Å². The average molecular weight is 323 g/mol. The molecule has 0 bridgehead atoms. The monoisotopic (exact) mass is 323 g/mol. The largest absolute Gasteiger partial charge is 0.383 e. The summed E-state index contributed by atoms with van der Waals surface area (Å²) in [5.74, 6) is 4.25. The molecular formula is C19H25N5. The molecule has 2 aromatic rings. The lowest BCUT2D eigenvalue weighted by molar-refractivity contribution is 0.298. The van der Waals surface area contributed by atoms with Crippen LogP contribution in [0.25, 0.3) is 11.3 Å². The van der Waals surface area contributed by atoms with E-state index in [2.05, 4.69) is 33.6 Å². The van der Waals surface area contributed by atoms with Gasteiger partial charge in [-0.15, -0.1) is 0 Å². The Morgan fingerprint density at radius 1 is 1.25 bits per heavy atom. The molecule has 1 aliphatic heterocycles. The molecule has 5 rings (SSSR count). The highest BCUT2D eigenvalue weighted by atomic mass is 15.2. The predicted molar refractivity (Wildman–Crippen MR) is 94.7 cm³/mol. The van der Waals surface area contributed by atoms with Crippen LogP contribution in [0.2, 0.25) is 0 Å². The topological polar surface area (TPSA) is 60.0 Å². The molecule has 5 heteroatoms. The molecule has 3 aliphatic rings. The van der Waals surface area contributed by atoms with Gasteiger partial charge in [0.1, 0.15) is 11.6 Å². The van der Waals surface area contributed by atoms with E-state index in [-0.39, 0.29) is 0 Å². The van der Waals surface area contributed by atoms with Gasteiger partial charge in [0.05, 0.1) is 5.69 Å². The number of nitrogen functional groups attached to an aromatic ring is 1. The number of fused-ring (bicyclic) bond motifs is 1. The molecule has 3 heterocycles. The van der Waals surface area contributed by atoms with E-state index < -0.39 is 0 Å². The second-order valence-corrected chi connectivity index (χ2v) is 7.76. The van der Waals surface area contributed by atoms with Crippen LogP contribution in [0.1, 0.15) is 43.1 Å². The summed E-state index contributed by atoms with van der Waals surface area (Å²) in [6.45, 7) is 7.97. The minimum Gasteiger partial charge on any atom is -0.383 e. The average Bonchev–Trinajstić information content (AvgIpc) is 3.46. The molecule has 2 aliphatic carbocycles. The van der Waals surface area contributed by atoms with Gasteiger partial charge in [0.2, 0.25) is 0 Å². The lowest BCUT2D eigenvalue weighted by Gasteiger charge is -2.18. The van der Waals surface area contributed by atoms with E-state index in [9.17, 15) is 0 Å². The molecule has 3 atom stereocenters. The van der Waals surface area contributed by atoms with Crippen molar-refractivity contribution < 1.29 is 0 Å². The van der Waals surface area contributed by atoms with Crippen LogP contribution in [0.3, 0.4) is 0 Å². The Balaban J connectivity index is 1.48. The number of imidazole rings is 1. The number of aromatic nitrogens is 3. The summed E-state index contributed by atoms with van der Waals surface area (Å²) in [5, 5.41) is 0. The zero-order valence-corrected chi connectivity index (χ0v) is 14.4. The fraction of sp³-hybridized carbons (Fsp3) is 0.579. The molecule has 126 valence electrons. The van der Waals surface area contributed by atoms with E-state index in [1.165, 1.54) is 38.3 Å². The maximum Gasteiger partial charge on any atom is 0.126 e. The number of rotatable bonds is 4. The van der Waals surface area contributed by atoms with Crippen molar-refractivity contribution in [2.24, 2.45) is 11.8 Å². The summed E-state index contributed by atoms with van der Waals surface area (Å²) >= 11 is 0. The summed E-state index contributed by atoms with van der Waals surface area (Å²) in [6.07, 6.45) is 6.72. The highest BCUT2D eigenvalue weighted by Crippen LogP contribution is 2.57. The van der Waals surface area contributed by atoms with Crippen LogP contribution in [0.15, 0.2) is 18.5 Å². The SMILES string of the molecule is CCN1C[C@@H]2C(n3cc(-c4cnc(N)c(C)c4)nc3C3CC3)[C@@H]2C1. The number of likely N-dealkylation sites (tertiary alicyclic amines) is 1. The standard InChI is InChI=1S/C19H25N5/c1-3-23-8-14-15(9-23)17(14)24-10-16(22-19(24)12-4-5-12)13-6-11(2)18(20)21-7-13/h6-7,10,12,14-15,17H,3-5,8-9H2,1-2H3,(H2,20,21)/t14-,15+,17?. The van der Waals surface area contributed by atoms with Crippen LogP contribution < -0.4 is 5.73 Å². The van der Waals surface area contributed by atoms with Gasteiger partial charge >= 0.3 is 0 Å². The van der Waals surface area contributed by atoms with Crippen molar-refractivity contribution in [2.45, 2.75) is 38.6 Å². The minimum atomic E-state index is 0.608. The smallest absolute Gasteiger partial charge is 0.126 e. The molecule has 0 radical (unpaired) electrons. The van der Waals surface area contributed by atoms with Crippen molar-refractivity contribution in [3.8, 4) is 11.3 Å². The van der Waals surface area contributed by atoms with E-state index in [0.29, 0.717) is 17.8 Å². The van der Waals surface area contributed by atoms with Crippen LogP contribution in [-0.2, 0) is 0 Å². The molecule has 0 spiro atoms. The summed E-state index contributed by atoms with van der Waals surface area (Å²) in [5.41, 5.74) is 9.04. The highest BCUT2D eigenvalue weighted by molar-refractivity contribution is 5.61. The summed E-state index contributed by atoms with van der Waals surface area (Å²) in [6, 6.07) is 2.78. The van der Waals surface area contributed by atoms with Crippen LogP contribution in [0, 0.1) is 18.8 Å². The number of anilines is 1. The van der Waals surface area contributed by atoms with E-state index in [4.69, 9.17) is 10.7 Å². The minimum absolute atomic E-state index is 0.608. The Morgan fingerprint density at radius 3 is 2.62 bits per heavy atom. The van der Waals surface area contributed by atoms with Crippen molar-refractivity contribution >= 4 is 5.82 Å². The quantitative estimate of drug-likeness (QED) is 0.940. The number of hydrogen-bond acceptors (Lipinski definition) is 4. The number of hydrogen-bond donors (Lipinski definition) is 1. The molecule has 24 heavy (non-hydrogen) atoms. The Labute approximate surface area is 142 Å². The molecule has 3 fully saturated rings. The summed E-state index contributed by atoms with van der Waals surface area (Å²) < 4.78 is 2.51. The third kappa shape index (κ3) is 2.18. The fourth-order valence-corrected chi connectivity index (χ4v) is 4.41. The second-order valence-electron chi connectivity index (χ2n) is 7.76. The Hall–Kier alpha value is -1.88. The third-order valence-electron chi connectivity index (χ3n) is 6.11. The maximum absolute atomic E-state index is 5.87. The first kappa shape index (κ1) is 14.5. The molecule has 2 aromatic heterocycles. The normalized spacial score (nSPS) is 29.0. The summed E-state index contributed by atoms with van der Waals surface area (Å²) in [4.78, 5) is 11.9. The van der Waals surface area contributed by atoms with Gasteiger partial charge in [0.25, 0.3) is 0 Å². The lowest BCUT2D eigenvalue weighted by atomic mass is 10.1. The Bertz CT molecular complexity index is 779. The molecule has 2 saturated carbocycles. The van der Waals surface area contributed by atoms with Crippen molar-refractivity contribution in [1.82, 2.24) is 19.4 Å². The van der Waals surface area contributed by atoms with Gasteiger partial charge < -0.3 is 15.2 Å². The number of nitrogens with two attached hydrogens (primary N) is 1. The first-order valence-corrected chi connectivity index (χ1v) is 9.19. The molecular weight excluding hydrogens is 298 g/mol. The number of pyridine rings is 1. The van der Waals surface area contributed by atoms with Gasteiger partial charge in [0, 0.05) is 43.0 Å². The Morgan fingerprint density at radius 2 is 2.00 bits per heavy atom. The van der Waals surface area contributed by atoms with Gasteiger partial charge in [0.15, 0.2) is 0 Å². The van der Waals surface area contributed by atoms with Crippen LogP contribution in [0.5, 0.6) is 0 Å². The first-order chi connectivity index (χ1) is 11.7. The van der Waals surface area contributed by atoms with Crippen molar-refractivity contribution in [3.63, 3.8) is 0 Å². The van der Waals surface area contributed by atoms with E-state index >= 15 is 0 Å². The van der Waals surface area contributed by atoms with Crippen molar-refractivity contribution in [1.29, 1.82) is 0 Å². The van der Waals surface area contributed by atoms with Gasteiger partial charge in [-0.1, -0.05) is 6.92 Å². The molecule has 2 N–H and O–H groups in total. The maximum atomic E-state index is 5.87. The van der Waals surface area contributed by atoms with Crippen LogP contribution in [0.4, 0.5) is 5.82 Å². The Kier molecular flexibility index (Phi) is 3.05. The zero-order chi connectivity index (χ0) is 16.4. The first-order valence-electron chi connectivity index (χ1n) is 9.19. The molecule has 0 aromatic carbocycles. The van der Waals surface area contributed by atoms with Crippen molar-refractivity contribution in [2.75, 3.05) is 25.4 Å². The fourth-order valence-electron chi connectivity index (χ4n) is 4.41. The molecule has 1 saturated heterocycles. The van der Waals surface area contributed by atoms with E-state index in [1.807, 2.05) is 13.1 Å². The predicted octanol–water partition coefficient (Wildman–Crippen LogP) is 2.84. The number of aryl methyl sites for hydroxylation is 1. The second kappa shape index (κ2) is 5.06. The van der Waals surface area contributed by atoms with Gasteiger partial charge in [-0.3, -0.25) is 0 Å². The highest BCUT2D eigenvalue weighted by Gasteiger charge is 2.57. The van der Waals surface area contributed by atoms with Gasteiger partial charge in [-0.2, -0.15) is 0 Å². The van der Waals surface area contributed by atoms with Crippen LogP contribution >= 0.6 is 0 Å². The van der Waals surface area contributed by atoms with Crippen LogP contribution in [-0.4, -0.2) is 39.1 Å². The zero-order valence-electron chi connectivity index (χ0n) is 14.4. The molecule has 1 unspecified atom stereocenters. The number of piperidine rings is 1. The number of nitrogens with zero attached hydrogens (tertiary/aromatic N) is 4. The molecule has 5 nitrogen and oxygen atoms in total. The summed E-state index contributed by atoms with van der Waals surface area (Å²) in [7, 11) is 0. The lowest BCUT2D eigenvalue weighted by Crippen LogP contribution is -2.24. The van der Waals surface area contributed by atoms with Gasteiger partial charge in [-0.25, -0.2) is 9.97 Å². The van der Waals surface area contributed by atoms with E-state index in [0.717, 1.165) is 28.7 Å². The van der Waals surface area contributed by atoms with Gasteiger partial charge in [-0.05, 0) is 49.8 Å². The van der Waals surface area contributed by atoms with Crippen molar-refractivity contribution in [3.05, 3.63) is 29.8 Å². The molecule has 0 amide bonds. The third-order valence-corrected chi connectivity index (χ3v) is 6.11.